The Labute approximate surface area is 103 Å². The van der Waals surface area contributed by atoms with Gasteiger partial charge in [-0.1, -0.05) is 20.3 Å². The molecule has 0 aliphatic carbocycles. The maximum atomic E-state index is 11.7. The molecule has 4 nitrogen and oxygen atoms in total. The number of aromatic nitrogens is 1. The summed E-state index contributed by atoms with van der Waals surface area (Å²) < 4.78 is 0. The van der Waals surface area contributed by atoms with E-state index in [1.807, 2.05) is 13.0 Å². The minimum atomic E-state index is -0.103. The summed E-state index contributed by atoms with van der Waals surface area (Å²) in [5.41, 5.74) is 1.40. The van der Waals surface area contributed by atoms with E-state index in [4.69, 9.17) is 0 Å². The lowest BCUT2D eigenvalue weighted by atomic mass is 10.1. The van der Waals surface area contributed by atoms with Crippen LogP contribution in [0.15, 0.2) is 18.3 Å². The fourth-order valence-electron chi connectivity index (χ4n) is 1.34. The van der Waals surface area contributed by atoms with Gasteiger partial charge in [0.15, 0.2) is 0 Å². The first-order valence-corrected chi connectivity index (χ1v) is 6.15. The fraction of sp³-hybridized carbons (Fsp3) is 0.538. The van der Waals surface area contributed by atoms with E-state index in [1.165, 1.54) is 0 Å². The quantitative estimate of drug-likeness (QED) is 0.795. The molecule has 0 radical (unpaired) electrons. The highest BCUT2D eigenvalue weighted by atomic mass is 16.1. The topological polar surface area (TPSA) is 54.0 Å². The lowest BCUT2D eigenvalue weighted by Gasteiger charge is -2.10. The van der Waals surface area contributed by atoms with Crippen molar-refractivity contribution in [2.75, 3.05) is 18.4 Å². The number of amides is 1. The number of nitrogens with one attached hydrogen (secondary N) is 2. The molecule has 0 bridgehead atoms. The highest BCUT2D eigenvalue weighted by Crippen LogP contribution is 2.06. The summed E-state index contributed by atoms with van der Waals surface area (Å²) >= 11 is 0. The van der Waals surface area contributed by atoms with E-state index < -0.39 is 0 Å². The van der Waals surface area contributed by atoms with Gasteiger partial charge in [-0.05, 0) is 25.0 Å². The predicted octanol–water partition coefficient (Wildman–Crippen LogP) is 2.29. The largest absolute Gasteiger partial charge is 0.384 e. The second-order valence-electron chi connectivity index (χ2n) is 4.19. The van der Waals surface area contributed by atoms with E-state index >= 15 is 0 Å². The van der Waals surface area contributed by atoms with Gasteiger partial charge in [0.1, 0.15) is 5.69 Å². The zero-order chi connectivity index (χ0) is 12.7. The first-order chi connectivity index (χ1) is 8.17. The van der Waals surface area contributed by atoms with Crippen molar-refractivity contribution in [1.29, 1.82) is 0 Å². The monoisotopic (exact) mass is 235 g/mol. The highest BCUT2D eigenvalue weighted by Gasteiger charge is 2.07. The average molecular weight is 235 g/mol. The van der Waals surface area contributed by atoms with Crippen LogP contribution in [-0.4, -0.2) is 24.0 Å². The van der Waals surface area contributed by atoms with Crippen molar-refractivity contribution in [2.24, 2.45) is 5.92 Å². The first kappa shape index (κ1) is 13.5. The summed E-state index contributed by atoms with van der Waals surface area (Å²) in [5.74, 6) is 0.397. The molecule has 1 amide bonds. The Kier molecular flexibility index (Phi) is 5.46. The molecule has 17 heavy (non-hydrogen) atoms. The highest BCUT2D eigenvalue weighted by molar-refractivity contribution is 5.92. The zero-order valence-electron chi connectivity index (χ0n) is 10.8. The standard InChI is InChI=1S/C13H21N3O/c1-4-10(3)8-16-13(17)12-7-6-11(9-15-12)14-5-2/h6-7,9-10,14H,4-5,8H2,1-3H3,(H,16,17). The number of carbonyl (C=O) groups is 1. The molecule has 0 spiro atoms. The third-order valence-electron chi connectivity index (χ3n) is 2.69. The molecule has 1 unspecified atom stereocenters. The second-order valence-corrected chi connectivity index (χ2v) is 4.19. The Morgan fingerprint density at radius 3 is 2.71 bits per heavy atom. The molecule has 1 aromatic heterocycles. The maximum absolute atomic E-state index is 11.7. The molecular formula is C13H21N3O. The van der Waals surface area contributed by atoms with Gasteiger partial charge in [0.2, 0.25) is 0 Å². The summed E-state index contributed by atoms with van der Waals surface area (Å²) in [6, 6.07) is 3.61. The Hall–Kier alpha value is -1.58. The number of carbonyl (C=O) groups excluding carboxylic acids is 1. The smallest absolute Gasteiger partial charge is 0.269 e. The van der Waals surface area contributed by atoms with E-state index in [1.54, 1.807) is 12.3 Å². The fourth-order valence-corrected chi connectivity index (χ4v) is 1.34. The van der Waals surface area contributed by atoms with Crippen LogP contribution in [-0.2, 0) is 0 Å². The SMILES string of the molecule is CCNc1ccc(C(=O)NCC(C)CC)nc1. The van der Waals surface area contributed by atoms with Crippen molar-refractivity contribution in [1.82, 2.24) is 10.3 Å². The van der Waals surface area contributed by atoms with Crippen LogP contribution >= 0.6 is 0 Å². The normalized spacial score (nSPS) is 11.9. The molecule has 1 atom stereocenters. The van der Waals surface area contributed by atoms with Gasteiger partial charge in [-0.15, -0.1) is 0 Å². The van der Waals surface area contributed by atoms with Gasteiger partial charge >= 0.3 is 0 Å². The van der Waals surface area contributed by atoms with Crippen molar-refractivity contribution in [2.45, 2.75) is 27.2 Å². The number of hydrogen-bond acceptors (Lipinski definition) is 3. The van der Waals surface area contributed by atoms with E-state index in [2.05, 4.69) is 29.5 Å². The van der Waals surface area contributed by atoms with Crippen LogP contribution in [0.5, 0.6) is 0 Å². The van der Waals surface area contributed by atoms with E-state index in [9.17, 15) is 4.79 Å². The predicted molar refractivity (Wildman–Crippen MR) is 70.2 cm³/mol. The molecule has 0 aromatic carbocycles. The van der Waals surface area contributed by atoms with Gasteiger partial charge in [-0.2, -0.15) is 0 Å². The van der Waals surface area contributed by atoms with Gasteiger partial charge in [0.25, 0.3) is 5.91 Å². The van der Waals surface area contributed by atoms with E-state index in [0.717, 1.165) is 18.7 Å². The molecule has 4 heteroatoms. The Morgan fingerprint density at radius 2 is 2.18 bits per heavy atom. The third kappa shape index (κ3) is 4.43. The molecule has 94 valence electrons. The average Bonchev–Trinajstić information content (AvgIpc) is 2.36. The van der Waals surface area contributed by atoms with Crippen LogP contribution in [0, 0.1) is 5.92 Å². The van der Waals surface area contributed by atoms with Crippen molar-refractivity contribution < 1.29 is 4.79 Å². The van der Waals surface area contributed by atoms with Crippen LogP contribution < -0.4 is 10.6 Å². The summed E-state index contributed by atoms with van der Waals surface area (Å²) in [5, 5.41) is 6.02. The van der Waals surface area contributed by atoms with Gasteiger partial charge in [-0.25, -0.2) is 4.98 Å². The van der Waals surface area contributed by atoms with Crippen LogP contribution in [0.4, 0.5) is 5.69 Å². The van der Waals surface area contributed by atoms with Crippen molar-refractivity contribution >= 4 is 11.6 Å². The number of rotatable bonds is 6. The number of hydrogen-bond donors (Lipinski definition) is 2. The number of pyridine rings is 1. The first-order valence-electron chi connectivity index (χ1n) is 6.15. The third-order valence-corrected chi connectivity index (χ3v) is 2.69. The maximum Gasteiger partial charge on any atom is 0.269 e. The second kappa shape index (κ2) is 6.89. The summed E-state index contributed by atoms with van der Waals surface area (Å²) in [7, 11) is 0. The zero-order valence-corrected chi connectivity index (χ0v) is 10.8. The summed E-state index contributed by atoms with van der Waals surface area (Å²) in [4.78, 5) is 15.9. The number of nitrogens with zero attached hydrogens (tertiary/aromatic N) is 1. The molecule has 0 saturated carbocycles. The van der Waals surface area contributed by atoms with Gasteiger partial charge < -0.3 is 10.6 Å². The van der Waals surface area contributed by atoms with Crippen molar-refractivity contribution in [3.8, 4) is 0 Å². The minimum Gasteiger partial charge on any atom is -0.384 e. The van der Waals surface area contributed by atoms with E-state index in [-0.39, 0.29) is 5.91 Å². The van der Waals surface area contributed by atoms with Crippen LogP contribution in [0.3, 0.4) is 0 Å². The summed E-state index contributed by atoms with van der Waals surface area (Å²) in [6.07, 6.45) is 2.74. The van der Waals surface area contributed by atoms with Gasteiger partial charge in [-0.3, -0.25) is 4.79 Å². The molecular weight excluding hydrogens is 214 g/mol. The van der Waals surface area contributed by atoms with Gasteiger partial charge in [0, 0.05) is 13.1 Å². The van der Waals surface area contributed by atoms with Crippen LogP contribution in [0.25, 0.3) is 0 Å². The van der Waals surface area contributed by atoms with Crippen molar-refractivity contribution in [3.63, 3.8) is 0 Å². The molecule has 2 N–H and O–H groups in total. The van der Waals surface area contributed by atoms with Gasteiger partial charge in [0.05, 0.1) is 11.9 Å². The van der Waals surface area contributed by atoms with Crippen LogP contribution in [0.1, 0.15) is 37.7 Å². The van der Waals surface area contributed by atoms with E-state index in [0.29, 0.717) is 18.2 Å². The number of anilines is 1. The Morgan fingerprint density at radius 1 is 1.41 bits per heavy atom. The molecule has 0 aliphatic rings. The van der Waals surface area contributed by atoms with Crippen molar-refractivity contribution in [3.05, 3.63) is 24.0 Å². The lowest BCUT2D eigenvalue weighted by molar-refractivity contribution is 0.0943. The van der Waals surface area contributed by atoms with Crippen LogP contribution in [0.2, 0.25) is 0 Å². The molecule has 1 aromatic rings. The summed E-state index contributed by atoms with van der Waals surface area (Å²) in [6.45, 7) is 7.79. The minimum absolute atomic E-state index is 0.103. The molecule has 1 heterocycles. The molecule has 0 saturated heterocycles. The molecule has 1 rings (SSSR count). The Bertz CT molecular complexity index is 348. The molecule has 0 fully saturated rings. The lowest BCUT2D eigenvalue weighted by Crippen LogP contribution is -2.28. The Balaban J connectivity index is 2.51. The molecule has 0 aliphatic heterocycles.